The molecule has 0 aliphatic heterocycles. The molecule has 0 aromatic carbocycles. The van der Waals surface area contributed by atoms with E-state index in [0.717, 1.165) is 6.42 Å². The largest absolute Gasteiger partial charge is 0.392 e. The molecule has 1 rings (SSSR count). The van der Waals surface area contributed by atoms with Crippen molar-refractivity contribution in [1.82, 2.24) is 5.32 Å². The van der Waals surface area contributed by atoms with Crippen molar-refractivity contribution in [1.29, 1.82) is 0 Å². The van der Waals surface area contributed by atoms with E-state index in [2.05, 4.69) is 29.8 Å². The standard InChI is InChI=1S/C10H17NOS/c1-3-9(12)7-11-8(2)10-5-4-6-13-10/h4-6,8-9,11-12H,3,7H2,1-2H3/t8-,9?/m1/s1. The molecule has 0 saturated heterocycles. The van der Waals surface area contributed by atoms with E-state index in [1.807, 2.05) is 6.92 Å². The minimum atomic E-state index is -0.220. The number of aliphatic hydroxyl groups is 1. The van der Waals surface area contributed by atoms with E-state index in [9.17, 15) is 5.11 Å². The van der Waals surface area contributed by atoms with Gasteiger partial charge >= 0.3 is 0 Å². The first-order chi connectivity index (χ1) is 6.24. The Morgan fingerprint density at radius 2 is 2.38 bits per heavy atom. The molecule has 0 aliphatic rings. The summed E-state index contributed by atoms with van der Waals surface area (Å²) in [6, 6.07) is 4.51. The first-order valence-electron chi connectivity index (χ1n) is 4.69. The molecular formula is C10H17NOS. The highest BCUT2D eigenvalue weighted by molar-refractivity contribution is 7.10. The average Bonchev–Trinajstić information content (AvgIpc) is 2.66. The molecule has 1 aromatic heterocycles. The summed E-state index contributed by atoms with van der Waals surface area (Å²) in [6.07, 6.45) is 0.590. The molecule has 1 heterocycles. The first-order valence-corrected chi connectivity index (χ1v) is 5.56. The van der Waals surface area contributed by atoms with Crippen molar-refractivity contribution in [3.8, 4) is 0 Å². The van der Waals surface area contributed by atoms with Gasteiger partial charge in [0.25, 0.3) is 0 Å². The van der Waals surface area contributed by atoms with E-state index in [1.165, 1.54) is 4.88 Å². The minimum absolute atomic E-state index is 0.220. The summed E-state index contributed by atoms with van der Waals surface area (Å²) in [5.74, 6) is 0. The van der Waals surface area contributed by atoms with Crippen molar-refractivity contribution >= 4 is 11.3 Å². The highest BCUT2D eigenvalue weighted by atomic mass is 32.1. The van der Waals surface area contributed by atoms with E-state index < -0.39 is 0 Å². The summed E-state index contributed by atoms with van der Waals surface area (Å²) in [5, 5.41) is 14.7. The van der Waals surface area contributed by atoms with E-state index in [0.29, 0.717) is 12.6 Å². The van der Waals surface area contributed by atoms with Gasteiger partial charge in [-0.05, 0) is 24.8 Å². The Hall–Kier alpha value is -0.380. The molecule has 2 nitrogen and oxygen atoms in total. The Labute approximate surface area is 83.6 Å². The van der Waals surface area contributed by atoms with Crippen LogP contribution in [0.2, 0.25) is 0 Å². The summed E-state index contributed by atoms with van der Waals surface area (Å²) < 4.78 is 0. The number of nitrogens with one attached hydrogen (secondary N) is 1. The van der Waals surface area contributed by atoms with Gasteiger partial charge in [-0.3, -0.25) is 0 Å². The van der Waals surface area contributed by atoms with E-state index >= 15 is 0 Å². The van der Waals surface area contributed by atoms with Gasteiger partial charge in [-0.25, -0.2) is 0 Å². The van der Waals surface area contributed by atoms with E-state index in [1.54, 1.807) is 11.3 Å². The van der Waals surface area contributed by atoms with Crippen LogP contribution in [-0.2, 0) is 0 Å². The predicted octanol–water partition coefficient (Wildman–Crippen LogP) is 2.17. The maximum absolute atomic E-state index is 9.35. The van der Waals surface area contributed by atoms with Crippen molar-refractivity contribution in [2.45, 2.75) is 32.4 Å². The zero-order chi connectivity index (χ0) is 9.68. The molecule has 2 N–H and O–H groups in total. The maximum Gasteiger partial charge on any atom is 0.0662 e. The van der Waals surface area contributed by atoms with Crippen molar-refractivity contribution in [3.05, 3.63) is 22.4 Å². The predicted molar refractivity (Wildman–Crippen MR) is 57.0 cm³/mol. The lowest BCUT2D eigenvalue weighted by molar-refractivity contribution is 0.164. The zero-order valence-corrected chi connectivity index (χ0v) is 8.97. The summed E-state index contributed by atoms with van der Waals surface area (Å²) in [5.41, 5.74) is 0. The average molecular weight is 199 g/mol. The van der Waals surface area contributed by atoms with Crippen LogP contribution in [0.4, 0.5) is 0 Å². The summed E-state index contributed by atoms with van der Waals surface area (Å²) >= 11 is 1.75. The van der Waals surface area contributed by atoms with Crippen LogP contribution < -0.4 is 5.32 Å². The normalized spacial score (nSPS) is 15.6. The fourth-order valence-corrected chi connectivity index (χ4v) is 1.85. The molecule has 2 atom stereocenters. The number of thiophene rings is 1. The molecular weight excluding hydrogens is 182 g/mol. The number of hydrogen-bond donors (Lipinski definition) is 2. The summed E-state index contributed by atoms with van der Waals surface area (Å²) in [6.45, 7) is 4.78. The smallest absolute Gasteiger partial charge is 0.0662 e. The number of rotatable bonds is 5. The Balaban J connectivity index is 2.30. The SMILES string of the molecule is CCC(O)CN[C@H](C)c1cccs1. The van der Waals surface area contributed by atoms with Gasteiger partial charge in [-0.1, -0.05) is 13.0 Å². The monoisotopic (exact) mass is 199 g/mol. The Kier molecular flexibility index (Phi) is 4.42. The third kappa shape index (κ3) is 3.46. The lowest BCUT2D eigenvalue weighted by Gasteiger charge is -2.14. The maximum atomic E-state index is 9.35. The fraction of sp³-hybridized carbons (Fsp3) is 0.600. The van der Waals surface area contributed by atoms with Gasteiger partial charge in [-0.15, -0.1) is 11.3 Å². The molecule has 0 bridgehead atoms. The minimum Gasteiger partial charge on any atom is -0.392 e. The second-order valence-corrected chi connectivity index (χ2v) is 4.19. The van der Waals surface area contributed by atoms with Gasteiger partial charge < -0.3 is 10.4 Å². The van der Waals surface area contributed by atoms with Crippen molar-refractivity contribution in [2.24, 2.45) is 0 Å². The fourth-order valence-electron chi connectivity index (χ4n) is 1.10. The van der Waals surface area contributed by atoms with Crippen molar-refractivity contribution < 1.29 is 5.11 Å². The Bertz CT molecular complexity index is 223. The molecule has 0 fully saturated rings. The highest BCUT2D eigenvalue weighted by Gasteiger charge is 2.07. The first kappa shape index (κ1) is 10.7. The van der Waals surface area contributed by atoms with Crippen LogP contribution >= 0.6 is 11.3 Å². The summed E-state index contributed by atoms with van der Waals surface area (Å²) in [4.78, 5) is 1.32. The van der Waals surface area contributed by atoms with Gasteiger partial charge in [0.15, 0.2) is 0 Å². The molecule has 1 aromatic rings. The second kappa shape index (κ2) is 5.37. The van der Waals surface area contributed by atoms with Gasteiger partial charge in [-0.2, -0.15) is 0 Å². The number of aliphatic hydroxyl groups excluding tert-OH is 1. The van der Waals surface area contributed by atoms with Gasteiger partial charge in [0.1, 0.15) is 0 Å². The quantitative estimate of drug-likeness (QED) is 0.761. The Morgan fingerprint density at radius 3 is 2.92 bits per heavy atom. The van der Waals surface area contributed by atoms with Gasteiger partial charge in [0.2, 0.25) is 0 Å². The third-order valence-electron chi connectivity index (χ3n) is 2.10. The lowest BCUT2D eigenvalue weighted by atomic mass is 10.2. The molecule has 0 radical (unpaired) electrons. The Morgan fingerprint density at radius 1 is 1.62 bits per heavy atom. The highest BCUT2D eigenvalue weighted by Crippen LogP contribution is 2.17. The van der Waals surface area contributed by atoms with Crippen LogP contribution in [0.25, 0.3) is 0 Å². The van der Waals surface area contributed by atoms with Crippen LogP contribution in [-0.4, -0.2) is 17.8 Å². The molecule has 0 saturated carbocycles. The van der Waals surface area contributed by atoms with Gasteiger partial charge in [0, 0.05) is 17.5 Å². The van der Waals surface area contributed by atoms with E-state index in [4.69, 9.17) is 0 Å². The molecule has 0 aliphatic carbocycles. The molecule has 13 heavy (non-hydrogen) atoms. The molecule has 1 unspecified atom stereocenters. The molecule has 0 amide bonds. The number of hydrogen-bond acceptors (Lipinski definition) is 3. The summed E-state index contributed by atoms with van der Waals surface area (Å²) in [7, 11) is 0. The molecule has 0 spiro atoms. The van der Waals surface area contributed by atoms with Crippen LogP contribution in [0.5, 0.6) is 0 Å². The third-order valence-corrected chi connectivity index (χ3v) is 3.16. The van der Waals surface area contributed by atoms with Gasteiger partial charge in [0.05, 0.1) is 6.10 Å². The second-order valence-electron chi connectivity index (χ2n) is 3.21. The van der Waals surface area contributed by atoms with Crippen LogP contribution in [0.3, 0.4) is 0 Å². The van der Waals surface area contributed by atoms with Crippen LogP contribution in [0.1, 0.15) is 31.2 Å². The molecule has 3 heteroatoms. The van der Waals surface area contributed by atoms with Crippen LogP contribution in [0, 0.1) is 0 Å². The van der Waals surface area contributed by atoms with Crippen molar-refractivity contribution in [3.63, 3.8) is 0 Å². The zero-order valence-electron chi connectivity index (χ0n) is 8.16. The topological polar surface area (TPSA) is 32.3 Å². The van der Waals surface area contributed by atoms with E-state index in [-0.39, 0.29) is 6.10 Å². The van der Waals surface area contributed by atoms with Crippen molar-refractivity contribution in [2.75, 3.05) is 6.54 Å². The lowest BCUT2D eigenvalue weighted by Crippen LogP contribution is -2.28. The van der Waals surface area contributed by atoms with Crippen LogP contribution in [0.15, 0.2) is 17.5 Å². The molecule has 74 valence electrons.